The van der Waals surface area contributed by atoms with Crippen LogP contribution in [-0.4, -0.2) is 27.7 Å². The molecule has 1 fully saturated rings. The van der Waals surface area contributed by atoms with Gasteiger partial charge in [0.25, 0.3) is 0 Å². The average molecular weight is 284 g/mol. The molecule has 2 atom stereocenters. The number of rotatable bonds is 4. The van der Waals surface area contributed by atoms with E-state index in [1.54, 1.807) is 18.2 Å². The molecule has 1 aliphatic heterocycles. The molecule has 5 nitrogen and oxygen atoms in total. The molecule has 0 radical (unpaired) electrons. The lowest BCUT2D eigenvalue weighted by molar-refractivity contribution is 0.180. The minimum atomic E-state index is -3.57. The fourth-order valence-electron chi connectivity index (χ4n) is 2.26. The largest absolute Gasteiger partial charge is 0.398 e. The van der Waals surface area contributed by atoms with Crippen molar-refractivity contribution in [1.82, 2.24) is 4.72 Å². The molecule has 6 heteroatoms. The van der Waals surface area contributed by atoms with Crippen molar-refractivity contribution in [2.24, 2.45) is 5.92 Å². The number of sulfonamides is 1. The molecule has 106 valence electrons. The van der Waals surface area contributed by atoms with Crippen molar-refractivity contribution < 1.29 is 13.2 Å². The number of hydrogen-bond donors (Lipinski definition) is 2. The minimum absolute atomic E-state index is 0.142. The number of nitrogens with two attached hydrogens (primary N) is 1. The minimum Gasteiger partial charge on any atom is -0.398 e. The molecule has 1 aromatic rings. The molecule has 0 saturated carbocycles. The first-order valence-corrected chi connectivity index (χ1v) is 7.84. The third kappa shape index (κ3) is 3.26. The maximum atomic E-state index is 12.3. The summed E-state index contributed by atoms with van der Waals surface area (Å²) in [5.74, 6) is 0.224. The van der Waals surface area contributed by atoms with Crippen molar-refractivity contribution in [3.63, 3.8) is 0 Å². The van der Waals surface area contributed by atoms with Crippen molar-refractivity contribution in [2.75, 3.05) is 18.9 Å². The number of anilines is 1. The third-order valence-corrected chi connectivity index (χ3v) is 5.10. The molecule has 19 heavy (non-hydrogen) atoms. The normalized spacial score (nSPS) is 21.5. The zero-order valence-electron chi connectivity index (χ0n) is 11.2. The van der Waals surface area contributed by atoms with Crippen molar-refractivity contribution in [3.05, 3.63) is 23.8 Å². The Morgan fingerprint density at radius 3 is 2.79 bits per heavy atom. The Labute approximate surface area is 114 Å². The van der Waals surface area contributed by atoms with Crippen LogP contribution >= 0.6 is 0 Å². The maximum absolute atomic E-state index is 12.3. The fourth-order valence-corrected chi connectivity index (χ4v) is 3.69. The Morgan fingerprint density at radius 2 is 2.21 bits per heavy atom. The summed E-state index contributed by atoms with van der Waals surface area (Å²) >= 11 is 0. The van der Waals surface area contributed by atoms with Gasteiger partial charge in [-0.1, -0.05) is 6.07 Å². The molecule has 2 unspecified atom stereocenters. The third-order valence-electron chi connectivity index (χ3n) is 3.47. The first-order chi connectivity index (χ1) is 8.90. The van der Waals surface area contributed by atoms with E-state index in [0.717, 1.165) is 12.0 Å². The Balaban J connectivity index is 2.17. The number of ether oxygens (including phenoxy) is 1. The molecule has 3 N–H and O–H groups in total. The standard InChI is InChI=1S/C13H20N2O3S/c1-9-3-4-13(12(14)7-9)19(16,17)15-10(2)11-5-6-18-8-11/h3-4,7,10-11,15H,5-6,8,14H2,1-2H3. The van der Waals surface area contributed by atoms with Crippen LogP contribution in [0, 0.1) is 12.8 Å². The predicted octanol–water partition coefficient (Wildman–Crippen LogP) is 1.28. The summed E-state index contributed by atoms with van der Waals surface area (Å²) in [4.78, 5) is 0.142. The summed E-state index contributed by atoms with van der Waals surface area (Å²) in [5.41, 5.74) is 7.01. The maximum Gasteiger partial charge on any atom is 0.242 e. The van der Waals surface area contributed by atoms with E-state index < -0.39 is 10.0 Å². The Hall–Kier alpha value is -1.11. The molecule has 0 amide bonds. The van der Waals surface area contributed by atoms with Gasteiger partial charge in [0.05, 0.1) is 12.3 Å². The van der Waals surface area contributed by atoms with Gasteiger partial charge in [-0.3, -0.25) is 0 Å². The molecule has 1 aliphatic rings. The highest BCUT2D eigenvalue weighted by Gasteiger charge is 2.27. The quantitative estimate of drug-likeness (QED) is 0.816. The van der Waals surface area contributed by atoms with Gasteiger partial charge in [-0.15, -0.1) is 0 Å². The predicted molar refractivity (Wildman–Crippen MR) is 74.3 cm³/mol. The lowest BCUT2D eigenvalue weighted by atomic mass is 10.0. The van der Waals surface area contributed by atoms with Crippen LogP contribution in [0.4, 0.5) is 5.69 Å². The first kappa shape index (κ1) is 14.3. The first-order valence-electron chi connectivity index (χ1n) is 6.36. The molecule has 1 saturated heterocycles. The van der Waals surface area contributed by atoms with Crippen LogP contribution < -0.4 is 10.5 Å². The van der Waals surface area contributed by atoms with Crippen LogP contribution in [0.3, 0.4) is 0 Å². The SMILES string of the molecule is Cc1ccc(S(=O)(=O)NC(C)C2CCOC2)c(N)c1. The number of hydrogen-bond acceptors (Lipinski definition) is 4. The van der Waals surface area contributed by atoms with E-state index >= 15 is 0 Å². The van der Waals surface area contributed by atoms with E-state index in [2.05, 4.69) is 4.72 Å². The molecule has 0 aromatic heterocycles. The van der Waals surface area contributed by atoms with Crippen molar-refractivity contribution >= 4 is 15.7 Å². The van der Waals surface area contributed by atoms with Gasteiger partial charge in [-0.05, 0) is 38.0 Å². The molecule has 0 spiro atoms. The van der Waals surface area contributed by atoms with Gasteiger partial charge in [0.1, 0.15) is 4.90 Å². The molecule has 1 heterocycles. The average Bonchev–Trinajstić information content (AvgIpc) is 2.80. The van der Waals surface area contributed by atoms with Crippen LogP contribution in [0.15, 0.2) is 23.1 Å². The Bertz CT molecular complexity index is 551. The van der Waals surface area contributed by atoms with Crippen molar-refractivity contribution in [3.8, 4) is 0 Å². The van der Waals surface area contributed by atoms with Crippen molar-refractivity contribution in [2.45, 2.75) is 31.2 Å². The lowest BCUT2D eigenvalue weighted by Crippen LogP contribution is -2.38. The highest BCUT2D eigenvalue weighted by atomic mass is 32.2. The van der Waals surface area contributed by atoms with E-state index in [0.29, 0.717) is 13.2 Å². The molecule has 0 aliphatic carbocycles. The second-order valence-electron chi connectivity index (χ2n) is 5.07. The second kappa shape index (κ2) is 5.48. The number of nitrogen functional groups attached to an aromatic ring is 1. The van der Waals surface area contributed by atoms with Gasteiger partial charge >= 0.3 is 0 Å². The number of nitrogens with one attached hydrogen (secondary N) is 1. The molecular weight excluding hydrogens is 264 g/mol. The lowest BCUT2D eigenvalue weighted by Gasteiger charge is -2.19. The summed E-state index contributed by atoms with van der Waals surface area (Å²) in [6.07, 6.45) is 0.882. The number of benzene rings is 1. The van der Waals surface area contributed by atoms with E-state index in [9.17, 15) is 8.42 Å². The van der Waals surface area contributed by atoms with Gasteiger partial charge in [0.15, 0.2) is 0 Å². The van der Waals surface area contributed by atoms with Crippen LogP contribution in [-0.2, 0) is 14.8 Å². The van der Waals surface area contributed by atoms with E-state index in [4.69, 9.17) is 10.5 Å². The van der Waals surface area contributed by atoms with Gasteiger partial charge < -0.3 is 10.5 Å². The Kier molecular flexibility index (Phi) is 4.13. The molecular formula is C13H20N2O3S. The molecule has 2 rings (SSSR count). The van der Waals surface area contributed by atoms with Crippen LogP contribution in [0.1, 0.15) is 18.9 Å². The summed E-state index contributed by atoms with van der Waals surface area (Å²) < 4.78 is 32.6. The van der Waals surface area contributed by atoms with Crippen LogP contribution in [0.2, 0.25) is 0 Å². The highest BCUT2D eigenvalue weighted by Crippen LogP contribution is 2.22. The van der Waals surface area contributed by atoms with Gasteiger partial charge in [0.2, 0.25) is 10.0 Å². The van der Waals surface area contributed by atoms with Gasteiger partial charge in [-0.25, -0.2) is 13.1 Å². The van der Waals surface area contributed by atoms with Crippen molar-refractivity contribution in [1.29, 1.82) is 0 Å². The fraction of sp³-hybridized carbons (Fsp3) is 0.538. The molecule has 1 aromatic carbocycles. The smallest absolute Gasteiger partial charge is 0.242 e. The summed E-state index contributed by atoms with van der Waals surface area (Å²) in [6.45, 7) is 5.04. The zero-order chi connectivity index (χ0) is 14.0. The summed E-state index contributed by atoms with van der Waals surface area (Å²) in [7, 11) is -3.57. The Morgan fingerprint density at radius 1 is 1.47 bits per heavy atom. The van der Waals surface area contributed by atoms with Gasteiger partial charge in [-0.2, -0.15) is 0 Å². The summed E-state index contributed by atoms with van der Waals surface area (Å²) in [6, 6.07) is 4.80. The monoisotopic (exact) mass is 284 g/mol. The van der Waals surface area contributed by atoms with E-state index in [1.165, 1.54) is 0 Å². The second-order valence-corrected chi connectivity index (χ2v) is 6.76. The highest BCUT2D eigenvalue weighted by molar-refractivity contribution is 7.89. The number of aryl methyl sites for hydroxylation is 1. The van der Waals surface area contributed by atoms with Gasteiger partial charge in [0, 0.05) is 18.6 Å². The van der Waals surface area contributed by atoms with Crippen LogP contribution in [0.5, 0.6) is 0 Å². The molecule has 0 bridgehead atoms. The van der Waals surface area contributed by atoms with E-state index in [-0.39, 0.29) is 22.5 Å². The van der Waals surface area contributed by atoms with E-state index in [1.807, 2.05) is 13.8 Å². The zero-order valence-corrected chi connectivity index (χ0v) is 12.0. The summed E-state index contributed by atoms with van der Waals surface area (Å²) in [5, 5.41) is 0. The van der Waals surface area contributed by atoms with Crippen LogP contribution in [0.25, 0.3) is 0 Å². The topological polar surface area (TPSA) is 81.4 Å².